The number of rotatable bonds is 7. The number of nitrogens with zero attached hydrogens (tertiary/aromatic N) is 2. The van der Waals surface area contributed by atoms with Crippen LogP contribution in [-0.4, -0.2) is 22.7 Å². The molecule has 1 N–H and O–H groups in total. The van der Waals surface area contributed by atoms with Crippen LogP contribution in [-0.2, 0) is 4.79 Å². The quantitative estimate of drug-likeness (QED) is 0.728. The zero-order valence-corrected chi connectivity index (χ0v) is 16.3. The molecular formula is C20H23N3O2S. The number of carbonyl (C=O) groups excluding carboxylic acids is 1. The molecule has 6 heteroatoms. The number of amides is 1. The fourth-order valence-electron chi connectivity index (χ4n) is 2.55. The summed E-state index contributed by atoms with van der Waals surface area (Å²) in [6.45, 7) is 8.14. The predicted octanol–water partition coefficient (Wildman–Crippen LogP) is 4.48. The number of ether oxygens (including phenoxy) is 1. The summed E-state index contributed by atoms with van der Waals surface area (Å²) < 4.78 is 5.56. The highest BCUT2D eigenvalue weighted by atomic mass is 32.2. The second-order valence-electron chi connectivity index (χ2n) is 5.81. The van der Waals surface area contributed by atoms with E-state index in [2.05, 4.69) is 16.4 Å². The number of thioether (sulfide) groups is 1. The molecule has 0 aliphatic heterocycles. The number of carbonyl (C=O) groups is 1. The summed E-state index contributed by atoms with van der Waals surface area (Å²) in [6, 6.07) is 11.4. The van der Waals surface area contributed by atoms with Gasteiger partial charge < -0.3 is 10.1 Å². The highest BCUT2D eigenvalue weighted by molar-refractivity contribution is 8.00. The van der Waals surface area contributed by atoms with Gasteiger partial charge in [-0.2, -0.15) is 5.26 Å². The van der Waals surface area contributed by atoms with Gasteiger partial charge >= 0.3 is 0 Å². The first-order chi connectivity index (χ1) is 12.5. The van der Waals surface area contributed by atoms with Crippen LogP contribution in [0.5, 0.6) is 5.75 Å². The van der Waals surface area contributed by atoms with E-state index in [4.69, 9.17) is 4.74 Å². The summed E-state index contributed by atoms with van der Waals surface area (Å²) in [7, 11) is 0. The number of pyridine rings is 1. The van der Waals surface area contributed by atoms with Crippen molar-refractivity contribution in [1.82, 2.24) is 4.98 Å². The summed E-state index contributed by atoms with van der Waals surface area (Å²) >= 11 is 1.33. The molecule has 26 heavy (non-hydrogen) atoms. The maximum Gasteiger partial charge on any atom is 0.238 e. The van der Waals surface area contributed by atoms with Crippen LogP contribution >= 0.6 is 11.8 Å². The van der Waals surface area contributed by atoms with Crippen molar-refractivity contribution in [1.29, 1.82) is 5.26 Å². The van der Waals surface area contributed by atoms with Gasteiger partial charge in [-0.3, -0.25) is 4.79 Å². The van der Waals surface area contributed by atoms with Crippen molar-refractivity contribution in [2.24, 2.45) is 0 Å². The molecule has 0 bridgehead atoms. The van der Waals surface area contributed by atoms with Gasteiger partial charge in [0, 0.05) is 5.69 Å². The Morgan fingerprint density at radius 3 is 2.73 bits per heavy atom. The van der Waals surface area contributed by atoms with Crippen LogP contribution in [0.25, 0.3) is 0 Å². The van der Waals surface area contributed by atoms with Crippen molar-refractivity contribution in [3.8, 4) is 11.8 Å². The third-order valence-corrected chi connectivity index (χ3v) is 5.14. The number of aromatic nitrogens is 1. The van der Waals surface area contributed by atoms with Gasteiger partial charge in [0.05, 0.1) is 23.1 Å². The van der Waals surface area contributed by atoms with E-state index in [0.717, 1.165) is 11.3 Å². The smallest absolute Gasteiger partial charge is 0.238 e. The van der Waals surface area contributed by atoms with Crippen molar-refractivity contribution in [3.63, 3.8) is 0 Å². The summed E-state index contributed by atoms with van der Waals surface area (Å²) in [6.07, 6.45) is 0.618. The van der Waals surface area contributed by atoms with Gasteiger partial charge in [-0.05, 0) is 51.0 Å². The van der Waals surface area contributed by atoms with Crippen molar-refractivity contribution < 1.29 is 9.53 Å². The lowest BCUT2D eigenvalue weighted by molar-refractivity contribution is -0.115. The number of aryl methyl sites for hydroxylation is 2. The summed E-state index contributed by atoms with van der Waals surface area (Å²) in [5.41, 5.74) is 2.88. The lowest BCUT2D eigenvalue weighted by Gasteiger charge is -2.17. The Kier molecular flexibility index (Phi) is 7.05. The number of para-hydroxylation sites is 2. The van der Waals surface area contributed by atoms with Crippen LogP contribution in [0.1, 0.15) is 37.1 Å². The molecule has 0 saturated carbocycles. The van der Waals surface area contributed by atoms with E-state index in [0.29, 0.717) is 35.1 Å². The number of anilines is 1. The Bertz CT molecular complexity index is 830. The Morgan fingerprint density at radius 2 is 2.08 bits per heavy atom. The molecule has 136 valence electrons. The van der Waals surface area contributed by atoms with Crippen molar-refractivity contribution in [2.75, 3.05) is 11.9 Å². The third-order valence-electron chi connectivity index (χ3n) is 3.79. The van der Waals surface area contributed by atoms with Crippen LogP contribution < -0.4 is 10.1 Å². The summed E-state index contributed by atoms with van der Waals surface area (Å²) in [5.74, 6) is 0.514. The molecule has 0 aliphatic carbocycles. The van der Waals surface area contributed by atoms with Crippen molar-refractivity contribution in [3.05, 3.63) is 47.2 Å². The Labute approximate surface area is 158 Å². The minimum Gasteiger partial charge on any atom is -0.492 e. The predicted molar refractivity (Wildman–Crippen MR) is 105 cm³/mol. The second-order valence-corrected chi connectivity index (χ2v) is 7.00. The fraction of sp³-hybridized carbons (Fsp3) is 0.350. The monoisotopic (exact) mass is 369 g/mol. The Balaban J connectivity index is 2.22. The van der Waals surface area contributed by atoms with Gasteiger partial charge in [-0.15, -0.1) is 0 Å². The minimum atomic E-state index is -0.356. The molecule has 0 spiro atoms. The van der Waals surface area contributed by atoms with E-state index >= 15 is 0 Å². The first-order valence-electron chi connectivity index (χ1n) is 8.57. The molecule has 0 radical (unpaired) electrons. The number of hydrogen-bond donors (Lipinski definition) is 1. The van der Waals surface area contributed by atoms with Gasteiger partial charge in [0.1, 0.15) is 16.8 Å². The third kappa shape index (κ3) is 4.77. The molecule has 2 aromatic rings. The largest absolute Gasteiger partial charge is 0.492 e. The van der Waals surface area contributed by atoms with Crippen LogP contribution in [0.4, 0.5) is 5.69 Å². The average molecular weight is 369 g/mol. The molecule has 1 heterocycles. The molecule has 1 aromatic heterocycles. The Hall–Kier alpha value is -2.52. The van der Waals surface area contributed by atoms with Gasteiger partial charge in [-0.25, -0.2) is 4.98 Å². The van der Waals surface area contributed by atoms with Gasteiger partial charge in [0.15, 0.2) is 0 Å². The molecule has 0 aliphatic rings. The molecule has 5 nitrogen and oxygen atoms in total. The molecule has 2 rings (SSSR count). The normalized spacial score (nSPS) is 11.5. The standard InChI is InChI=1S/C20H23N3O2S/c1-5-18(26-20-15(12-21)13(3)11-14(4)22-20)19(24)23-16-9-7-8-10-17(16)25-6-2/h7-11,18H,5-6H2,1-4H3,(H,23,24). The number of nitriles is 1. The van der Waals surface area contributed by atoms with E-state index in [1.807, 2.05) is 58.0 Å². The molecule has 0 fully saturated rings. The Morgan fingerprint density at radius 1 is 1.35 bits per heavy atom. The van der Waals surface area contributed by atoms with E-state index in [1.54, 1.807) is 0 Å². The summed E-state index contributed by atoms with van der Waals surface area (Å²) in [4.78, 5) is 17.2. The highest BCUT2D eigenvalue weighted by Gasteiger charge is 2.22. The van der Waals surface area contributed by atoms with E-state index in [1.165, 1.54) is 11.8 Å². The van der Waals surface area contributed by atoms with Crippen molar-refractivity contribution >= 4 is 23.4 Å². The number of benzene rings is 1. The topological polar surface area (TPSA) is 75.0 Å². The lowest BCUT2D eigenvalue weighted by atomic mass is 10.1. The molecule has 1 unspecified atom stereocenters. The van der Waals surface area contributed by atoms with E-state index < -0.39 is 0 Å². The molecule has 1 atom stereocenters. The average Bonchev–Trinajstić information content (AvgIpc) is 2.61. The van der Waals surface area contributed by atoms with Crippen LogP contribution in [0.2, 0.25) is 0 Å². The number of hydrogen-bond acceptors (Lipinski definition) is 5. The van der Waals surface area contributed by atoms with Gasteiger partial charge in [0.25, 0.3) is 0 Å². The zero-order valence-electron chi connectivity index (χ0n) is 15.5. The maximum absolute atomic E-state index is 12.8. The molecule has 1 amide bonds. The first kappa shape index (κ1) is 19.8. The zero-order chi connectivity index (χ0) is 19.1. The van der Waals surface area contributed by atoms with Crippen LogP contribution in [0.15, 0.2) is 35.4 Å². The molecular weight excluding hydrogens is 346 g/mol. The molecule has 1 aromatic carbocycles. The minimum absolute atomic E-state index is 0.130. The highest BCUT2D eigenvalue weighted by Crippen LogP contribution is 2.31. The fourth-order valence-corrected chi connectivity index (χ4v) is 3.67. The number of nitrogens with one attached hydrogen (secondary N) is 1. The second kappa shape index (κ2) is 9.25. The van der Waals surface area contributed by atoms with E-state index in [9.17, 15) is 10.1 Å². The van der Waals surface area contributed by atoms with Crippen molar-refractivity contribution in [2.45, 2.75) is 44.4 Å². The van der Waals surface area contributed by atoms with E-state index in [-0.39, 0.29) is 11.2 Å². The van der Waals surface area contributed by atoms with Gasteiger partial charge in [-0.1, -0.05) is 30.8 Å². The van der Waals surface area contributed by atoms with Crippen LogP contribution in [0, 0.1) is 25.2 Å². The summed E-state index contributed by atoms with van der Waals surface area (Å²) in [5, 5.41) is 12.6. The first-order valence-corrected chi connectivity index (χ1v) is 9.45. The maximum atomic E-state index is 12.8. The lowest BCUT2D eigenvalue weighted by Crippen LogP contribution is -2.25. The molecule has 0 saturated heterocycles. The SMILES string of the molecule is CCOc1ccccc1NC(=O)C(CC)Sc1nc(C)cc(C)c1C#N. The van der Waals surface area contributed by atoms with Gasteiger partial charge in [0.2, 0.25) is 5.91 Å². The van der Waals surface area contributed by atoms with Crippen LogP contribution in [0.3, 0.4) is 0 Å².